The SMILES string of the molecule is CCc1ccccc1.CF.CS(=O)(=O)O.FCF. The van der Waals surface area contributed by atoms with Crippen LogP contribution in [0.5, 0.6) is 0 Å². The summed E-state index contributed by atoms with van der Waals surface area (Å²) < 4.78 is 54.6. The molecule has 0 radical (unpaired) electrons. The number of rotatable bonds is 1. The lowest BCUT2D eigenvalue weighted by Crippen LogP contribution is -1.88. The van der Waals surface area contributed by atoms with Crippen LogP contribution < -0.4 is 0 Å². The van der Waals surface area contributed by atoms with Gasteiger partial charge in [0.1, 0.15) is 0 Å². The van der Waals surface area contributed by atoms with Gasteiger partial charge < -0.3 is 0 Å². The Kier molecular flexibility index (Phi) is 19.6. The van der Waals surface area contributed by atoms with Gasteiger partial charge in [0.25, 0.3) is 10.1 Å². The van der Waals surface area contributed by atoms with E-state index in [1.54, 1.807) is 0 Å². The largest absolute Gasteiger partial charge is 0.286 e. The fourth-order valence-corrected chi connectivity index (χ4v) is 0.714. The van der Waals surface area contributed by atoms with Gasteiger partial charge in [0.15, 0.2) is 0 Å². The highest BCUT2D eigenvalue weighted by atomic mass is 32.2. The highest BCUT2D eigenvalue weighted by Crippen LogP contribution is 1.96. The first-order valence-corrected chi connectivity index (χ1v) is 6.66. The molecular weight excluding hydrogens is 269 g/mol. The van der Waals surface area contributed by atoms with Gasteiger partial charge in [-0.2, -0.15) is 8.42 Å². The van der Waals surface area contributed by atoms with E-state index < -0.39 is 17.0 Å². The smallest absolute Gasteiger partial charge is 0.261 e. The van der Waals surface area contributed by atoms with E-state index in [0.717, 1.165) is 6.42 Å². The molecule has 7 heteroatoms. The van der Waals surface area contributed by atoms with Gasteiger partial charge in [-0.15, -0.1) is 0 Å². The zero-order valence-corrected chi connectivity index (χ0v) is 11.4. The summed E-state index contributed by atoms with van der Waals surface area (Å²) in [6.45, 7) is 0.412. The molecule has 18 heavy (non-hydrogen) atoms. The highest BCUT2D eigenvalue weighted by molar-refractivity contribution is 7.85. The molecule has 0 amide bonds. The molecule has 0 saturated carbocycles. The molecule has 0 aliphatic rings. The first-order valence-electron chi connectivity index (χ1n) is 4.81. The quantitative estimate of drug-likeness (QED) is 0.807. The van der Waals surface area contributed by atoms with Crippen LogP contribution in [0.25, 0.3) is 0 Å². The van der Waals surface area contributed by atoms with Crippen molar-refractivity contribution >= 4 is 10.1 Å². The summed E-state index contributed by atoms with van der Waals surface area (Å²) in [5, 5.41) is 0. The summed E-state index contributed by atoms with van der Waals surface area (Å²) >= 11 is 0. The monoisotopic (exact) mass is 288 g/mol. The van der Waals surface area contributed by atoms with Crippen LogP contribution in [0.3, 0.4) is 0 Å². The minimum atomic E-state index is -3.67. The van der Waals surface area contributed by atoms with Crippen LogP contribution >= 0.6 is 0 Å². The van der Waals surface area contributed by atoms with Crippen molar-refractivity contribution < 1.29 is 26.1 Å². The van der Waals surface area contributed by atoms with Crippen molar-refractivity contribution in [2.24, 2.45) is 0 Å². The van der Waals surface area contributed by atoms with Gasteiger partial charge in [-0.3, -0.25) is 8.94 Å². The third-order valence-electron chi connectivity index (χ3n) is 1.25. The number of aryl methyl sites for hydroxylation is 1. The maximum Gasteiger partial charge on any atom is 0.261 e. The van der Waals surface area contributed by atoms with E-state index in [4.69, 9.17) is 4.55 Å². The van der Waals surface area contributed by atoms with E-state index in [1.165, 1.54) is 5.56 Å². The van der Waals surface area contributed by atoms with E-state index in [2.05, 4.69) is 31.2 Å². The molecule has 0 unspecified atom stereocenters. The van der Waals surface area contributed by atoms with Crippen LogP contribution in [0.15, 0.2) is 30.3 Å². The molecule has 1 aromatic carbocycles. The molecule has 0 fully saturated rings. The van der Waals surface area contributed by atoms with E-state index in [9.17, 15) is 21.6 Å². The molecule has 0 spiro atoms. The summed E-state index contributed by atoms with van der Waals surface area (Å²) in [5.41, 5.74) is 1.41. The topological polar surface area (TPSA) is 54.4 Å². The summed E-state index contributed by atoms with van der Waals surface area (Å²) in [6.07, 6.45) is 1.86. The molecule has 0 heterocycles. The second kappa shape index (κ2) is 15.9. The lowest BCUT2D eigenvalue weighted by atomic mass is 10.2. The van der Waals surface area contributed by atoms with Crippen molar-refractivity contribution in [2.75, 3.05) is 20.4 Å². The molecule has 0 saturated heterocycles. The normalized spacial score (nSPS) is 8.61. The Morgan fingerprint density at radius 2 is 1.39 bits per heavy atom. The lowest BCUT2D eigenvalue weighted by molar-refractivity contribution is 0.295. The maximum atomic E-state index is 9.62. The Morgan fingerprint density at radius 3 is 1.56 bits per heavy atom. The average Bonchev–Trinajstić information content (AvgIpc) is 2.32. The van der Waals surface area contributed by atoms with E-state index in [1.807, 2.05) is 6.07 Å². The van der Waals surface area contributed by atoms with Gasteiger partial charge in [0.05, 0.1) is 13.4 Å². The van der Waals surface area contributed by atoms with Crippen LogP contribution in [0.1, 0.15) is 12.5 Å². The van der Waals surface area contributed by atoms with Gasteiger partial charge in [-0.1, -0.05) is 37.3 Å². The number of alkyl halides is 3. The predicted molar refractivity (Wildman–Crippen MR) is 67.4 cm³/mol. The first kappa shape index (κ1) is 22.1. The van der Waals surface area contributed by atoms with Crippen molar-refractivity contribution in [3.63, 3.8) is 0 Å². The Morgan fingerprint density at radius 1 is 1.11 bits per heavy atom. The molecule has 3 nitrogen and oxygen atoms in total. The van der Waals surface area contributed by atoms with Crippen molar-refractivity contribution in [3.8, 4) is 0 Å². The second-order valence-corrected chi connectivity index (χ2v) is 4.14. The Labute approximate surface area is 106 Å². The van der Waals surface area contributed by atoms with Crippen LogP contribution in [0, 0.1) is 0 Å². The van der Waals surface area contributed by atoms with Gasteiger partial charge >= 0.3 is 0 Å². The lowest BCUT2D eigenvalue weighted by Gasteiger charge is -1.89. The molecule has 0 bridgehead atoms. The molecule has 0 atom stereocenters. The zero-order chi connectivity index (χ0) is 15.0. The average molecular weight is 288 g/mol. The van der Waals surface area contributed by atoms with Gasteiger partial charge in [-0.25, -0.2) is 8.78 Å². The molecule has 108 valence electrons. The van der Waals surface area contributed by atoms with Crippen LogP contribution in [0.4, 0.5) is 13.2 Å². The fraction of sp³-hybridized carbons (Fsp3) is 0.455. The van der Waals surface area contributed by atoms with Crippen LogP contribution in [-0.4, -0.2) is 33.3 Å². The summed E-state index contributed by atoms with van der Waals surface area (Å²) in [4.78, 5) is 0. The third kappa shape index (κ3) is 36.3. The standard InChI is InChI=1S/C8H10.CH2F2.CH3F.CH4O3S/c1-2-8-6-4-3-5-7-8;2-1-3;1-2;1-5(2,3)4/h3-7H,2H2,1H3;1H2;1H3;1H3,(H,2,3,4). The van der Waals surface area contributed by atoms with Crippen molar-refractivity contribution in [2.45, 2.75) is 13.3 Å². The van der Waals surface area contributed by atoms with Crippen LogP contribution in [0.2, 0.25) is 0 Å². The zero-order valence-electron chi connectivity index (χ0n) is 10.6. The Bertz CT molecular complexity index is 334. The van der Waals surface area contributed by atoms with Crippen molar-refractivity contribution in [1.29, 1.82) is 0 Å². The molecule has 1 aromatic rings. The highest BCUT2D eigenvalue weighted by Gasteiger charge is 1.81. The van der Waals surface area contributed by atoms with Gasteiger partial charge in [0, 0.05) is 0 Å². The first-order chi connectivity index (χ1) is 8.35. The van der Waals surface area contributed by atoms with Crippen LogP contribution in [-0.2, 0) is 16.5 Å². The van der Waals surface area contributed by atoms with Crippen molar-refractivity contribution in [1.82, 2.24) is 0 Å². The predicted octanol–water partition coefficient (Wildman–Crippen LogP) is 3.22. The number of benzene rings is 1. The van der Waals surface area contributed by atoms with E-state index >= 15 is 0 Å². The fourth-order valence-electron chi connectivity index (χ4n) is 0.714. The number of halogens is 3. The molecule has 1 N–H and O–H groups in total. The number of hydrogen-bond acceptors (Lipinski definition) is 2. The van der Waals surface area contributed by atoms with Crippen molar-refractivity contribution in [3.05, 3.63) is 35.9 Å². The van der Waals surface area contributed by atoms with Gasteiger partial charge in [-0.05, 0) is 12.0 Å². The molecule has 0 aliphatic heterocycles. The van der Waals surface area contributed by atoms with Gasteiger partial charge in [0.2, 0.25) is 6.93 Å². The Hall–Kier alpha value is -1.08. The summed E-state index contributed by atoms with van der Waals surface area (Å²) in [5.74, 6) is 0. The minimum Gasteiger partial charge on any atom is -0.286 e. The molecule has 0 aromatic heterocycles. The Balaban J connectivity index is -0.000000196. The van der Waals surface area contributed by atoms with E-state index in [0.29, 0.717) is 13.4 Å². The summed E-state index contributed by atoms with van der Waals surface area (Å²) in [7, 11) is -3.17. The molecule has 1 rings (SSSR count). The maximum absolute atomic E-state index is 9.62. The van der Waals surface area contributed by atoms with E-state index in [-0.39, 0.29) is 0 Å². The second-order valence-electron chi connectivity index (χ2n) is 2.67. The minimum absolute atomic E-state index is 0.500. The third-order valence-corrected chi connectivity index (χ3v) is 1.25. The number of hydrogen-bond donors (Lipinski definition) is 1. The molecular formula is C11H19F3O3S. The molecule has 0 aliphatic carbocycles. The summed E-state index contributed by atoms with van der Waals surface area (Å²) in [6, 6.07) is 10.5.